The first kappa shape index (κ1) is 12.9. The number of aliphatic hydroxyl groups is 3. The van der Waals surface area contributed by atoms with Gasteiger partial charge in [0.25, 0.3) is 0 Å². The van der Waals surface area contributed by atoms with Gasteiger partial charge in [-0.15, -0.1) is 0 Å². The first-order chi connectivity index (χ1) is 8.31. The van der Waals surface area contributed by atoms with Crippen molar-refractivity contribution in [1.82, 2.24) is 0 Å². The minimum atomic E-state index is -0.480. The van der Waals surface area contributed by atoms with Crippen LogP contribution in [0.5, 0.6) is 0 Å². The van der Waals surface area contributed by atoms with Gasteiger partial charge in [-0.05, 0) is 42.9 Å². The van der Waals surface area contributed by atoms with Crippen LogP contribution in [0.1, 0.15) is 46.5 Å². The number of rotatable bonds is 1. The molecule has 3 saturated carbocycles. The SMILES string of the molecule is C[C@@H]1[C@@H](O)C[C@@]23[C@H](O)[C@](C)(CO)C[C@]2(C)CC[C@@H]13. The van der Waals surface area contributed by atoms with Gasteiger partial charge >= 0.3 is 0 Å². The van der Waals surface area contributed by atoms with Gasteiger partial charge in [-0.1, -0.05) is 20.8 Å². The van der Waals surface area contributed by atoms with Crippen molar-refractivity contribution in [3.05, 3.63) is 0 Å². The predicted octanol–water partition coefficient (Wildman–Crippen LogP) is 1.55. The third-order valence-electron chi connectivity index (χ3n) is 6.88. The molecular weight excluding hydrogens is 228 g/mol. The van der Waals surface area contributed by atoms with Crippen LogP contribution in [-0.4, -0.2) is 34.1 Å². The molecule has 104 valence electrons. The molecule has 3 aliphatic rings. The fraction of sp³-hybridized carbons (Fsp3) is 1.00. The number of hydrogen-bond acceptors (Lipinski definition) is 3. The highest BCUT2D eigenvalue weighted by Crippen LogP contribution is 2.75. The van der Waals surface area contributed by atoms with Crippen molar-refractivity contribution < 1.29 is 15.3 Å². The Morgan fingerprint density at radius 3 is 2.50 bits per heavy atom. The summed E-state index contributed by atoms with van der Waals surface area (Å²) < 4.78 is 0. The highest BCUT2D eigenvalue weighted by atomic mass is 16.3. The van der Waals surface area contributed by atoms with E-state index in [0.717, 1.165) is 19.3 Å². The molecule has 18 heavy (non-hydrogen) atoms. The molecule has 0 aromatic rings. The molecule has 0 amide bonds. The summed E-state index contributed by atoms with van der Waals surface area (Å²) in [4.78, 5) is 0. The van der Waals surface area contributed by atoms with Crippen LogP contribution < -0.4 is 0 Å². The van der Waals surface area contributed by atoms with Crippen LogP contribution >= 0.6 is 0 Å². The van der Waals surface area contributed by atoms with E-state index < -0.39 is 11.5 Å². The van der Waals surface area contributed by atoms with E-state index in [1.165, 1.54) is 0 Å². The fourth-order valence-corrected chi connectivity index (χ4v) is 5.99. The van der Waals surface area contributed by atoms with Gasteiger partial charge in [-0.3, -0.25) is 0 Å². The van der Waals surface area contributed by atoms with Gasteiger partial charge in [-0.2, -0.15) is 0 Å². The Kier molecular flexibility index (Phi) is 2.51. The normalized spacial score (nSPS) is 63.0. The van der Waals surface area contributed by atoms with Crippen LogP contribution in [0.25, 0.3) is 0 Å². The lowest BCUT2D eigenvalue weighted by Gasteiger charge is -2.42. The maximum Gasteiger partial charge on any atom is 0.0681 e. The van der Waals surface area contributed by atoms with E-state index in [9.17, 15) is 15.3 Å². The van der Waals surface area contributed by atoms with Crippen molar-refractivity contribution in [3.8, 4) is 0 Å². The van der Waals surface area contributed by atoms with Gasteiger partial charge < -0.3 is 15.3 Å². The Morgan fingerprint density at radius 1 is 1.22 bits per heavy atom. The van der Waals surface area contributed by atoms with Crippen LogP contribution in [0.3, 0.4) is 0 Å². The second-order valence-electron chi connectivity index (χ2n) is 7.77. The topological polar surface area (TPSA) is 60.7 Å². The molecule has 3 N–H and O–H groups in total. The standard InChI is InChI=1S/C15H26O3/c1-9-10-4-5-14(3)7-13(2,8-16)12(18)15(10,14)6-11(9)17/h9-12,16-18H,4-8H2,1-3H3/t9-,10-,11-,12+,13-,14-,15+/m0/s1. The smallest absolute Gasteiger partial charge is 0.0681 e. The molecular formula is C15H26O3. The van der Waals surface area contributed by atoms with Crippen molar-refractivity contribution in [3.63, 3.8) is 0 Å². The Bertz CT molecular complexity index is 371. The molecule has 0 heterocycles. The second kappa shape index (κ2) is 3.50. The lowest BCUT2D eigenvalue weighted by molar-refractivity contribution is -0.0697. The van der Waals surface area contributed by atoms with E-state index in [1.807, 2.05) is 6.92 Å². The van der Waals surface area contributed by atoms with Crippen LogP contribution in [0.15, 0.2) is 0 Å². The van der Waals surface area contributed by atoms with E-state index in [1.54, 1.807) is 0 Å². The first-order valence-electron chi connectivity index (χ1n) is 7.28. The highest BCUT2D eigenvalue weighted by molar-refractivity contribution is 5.22. The summed E-state index contributed by atoms with van der Waals surface area (Å²) in [6.07, 6.45) is 3.08. The summed E-state index contributed by atoms with van der Waals surface area (Å²) in [6.45, 7) is 6.43. The zero-order chi connectivity index (χ0) is 13.3. The molecule has 0 unspecified atom stereocenters. The summed E-state index contributed by atoms with van der Waals surface area (Å²) in [5, 5.41) is 30.8. The Balaban J connectivity index is 2.09. The lowest BCUT2D eigenvalue weighted by atomic mass is 9.64. The molecule has 7 atom stereocenters. The van der Waals surface area contributed by atoms with Crippen LogP contribution in [0, 0.1) is 28.1 Å². The van der Waals surface area contributed by atoms with Gasteiger partial charge in [-0.25, -0.2) is 0 Å². The minimum absolute atomic E-state index is 0.0443. The van der Waals surface area contributed by atoms with Crippen LogP contribution in [-0.2, 0) is 0 Å². The zero-order valence-electron chi connectivity index (χ0n) is 11.7. The van der Waals surface area contributed by atoms with E-state index in [2.05, 4.69) is 13.8 Å². The van der Waals surface area contributed by atoms with E-state index in [0.29, 0.717) is 12.3 Å². The summed E-state index contributed by atoms with van der Waals surface area (Å²) in [7, 11) is 0. The number of hydrogen-bond donors (Lipinski definition) is 3. The van der Waals surface area contributed by atoms with Gasteiger partial charge in [0, 0.05) is 10.8 Å². The zero-order valence-corrected chi connectivity index (χ0v) is 11.7. The Morgan fingerprint density at radius 2 is 1.89 bits per heavy atom. The van der Waals surface area contributed by atoms with Crippen molar-refractivity contribution in [1.29, 1.82) is 0 Å². The van der Waals surface area contributed by atoms with Crippen LogP contribution in [0.4, 0.5) is 0 Å². The lowest BCUT2D eigenvalue weighted by Crippen LogP contribution is -2.45. The van der Waals surface area contributed by atoms with Crippen molar-refractivity contribution in [2.24, 2.45) is 28.1 Å². The Hall–Kier alpha value is -0.120. The molecule has 0 saturated heterocycles. The summed E-state index contributed by atoms with van der Waals surface area (Å²) >= 11 is 0. The average Bonchev–Trinajstić information content (AvgIpc) is 2.80. The van der Waals surface area contributed by atoms with Crippen molar-refractivity contribution in [2.45, 2.75) is 58.7 Å². The van der Waals surface area contributed by atoms with E-state index in [4.69, 9.17) is 0 Å². The highest BCUT2D eigenvalue weighted by Gasteiger charge is 2.74. The third-order valence-corrected chi connectivity index (χ3v) is 6.88. The van der Waals surface area contributed by atoms with E-state index in [-0.39, 0.29) is 29.5 Å². The van der Waals surface area contributed by atoms with Gasteiger partial charge in [0.1, 0.15) is 0 Å². The quantitative estimate of drug-likeness (QED) is 0.665. The first-order valence-corrected chi connectivity index (χ1v) is 7.28. The fourth-order valence-electron chi connectivity index (χ4n) is 5.99. The summed E-state index contributed by atoms with van der Waals surface area (Å²) in [6, 6.07) is 0. The molecule has 0 radical (unpaired) electrons. The maximum absolute atomic E-state index is 10.9. The average molecular weight is 254 g/mol. The van der Waals surface area contributed by atoms with Gasteiger partial charge in [0.2, 0.25) is 0 Å². The summed E-state index contributed by atoms with van der Waals surface area (Å²) in [5.74, 6) is 0.698. The minimum Gasteiger partial charge on any atom is -0.396 e. The van der Waals surface area contributed by atoms with Crippen molar-refractivity contribution in [2.75, 3.05) is 6.61 Å². The maximum atomic E-state index is 10.9. The van der Waals surface area contributed by atoms with Gasteiger partial charge in [0.15, 0.2) is 0 Å². The molecule has 3 rings (SSSR count). The van der Waals surface area contributed by atoms with Crippen molar-refractivity contribution >= 4 is 0 Å². The van der Waals surface area contributed by atoms with Crippen LogP contribution in [0.2, 0.25) is 0 Å². The molecule has 1 spiro atoms. The molecule has 0 aromatic carbocycles. The molecule has 0 aromatic heterocycles. The van der Waals surface area contributed by atoms with E-state index >= 15 is 0 Å². The molecule has 0 bridgehead atoms. The number of aliphatic hydroxyl groups excluding tert-OH is 3. The largest absolute Gasteiger partial charge is 0.396 e. The predicted molar refractivity (Wildman–Crippen MR) is 68.9 cm³/mol. The molecule has 0 aliphatic heterocycles. The summed E-state index contributed by atoms with van der Waals surface area (Å²) in [5.41, 5.74) is -0.471. The molecule has 3 fully saturated rings. The second-order valence-corrected chi connectivity index (χ2v) is 7.77. The monoisotopic (exact) mass is 254 g/mol. The Labute approximate surface area is 109 Å². The molecule has 3 aliphatic carbocycles. The molecule has 3 nitrogen and oxygen atoms in total. The molecule has 3 heteroatoms. The third kappa shape index (κ3) is 1.17. The van der Waals surface area contributed by atoms with Gasteiger partial charge in [0.05, 0.1) is 18.8 Å².